The molecule has 1 amide bonds. The molecule has 1 aromatic rings. The van der Waals surface area contributed by atoms with Gasteiger partial charge in [0.2, 0.25) is 0 Å². The lowest BCUT2D eigenvalue weighted by molar-refractivity contribution is -0.149. The van der Waals surface area contributed by atoms with Crippen molar-refractivity contribution in [3.05, 3.63) is 24.0 Å². The van der Waals surface area contributed by atoms with Gasteiger partial charge < -0.3 is 15.8 Å². The van der Waals surface area contributed by atoms with E-state index >= 15 is 0 Å². The van der Waals surface area contributed by atoms with Crippen LogP contribution in [0.3, 0.4) is 0 Å². The third-order valence-corrected chi connectivity index (χ3v) is 3.70. The Morgan fingerprint density at radius 3 is 2.62 bits per heavy atom. The summed E-state index contributed by atoms with van der Waals surface area (Å²) in [4.78, 5) is 27.7. The van der Waals surface area contributed by atoms with Crippen LogP contribution in [0.1, 0.15) is 43.1 Å². The first-order valence-corrected chi connectivity index (χ1v) is 7.29. The molecule has 21 heavy (non-hydrogen) atoms. The van der Waals surface area contributed by atoms with E-state index in [1.54, 1.807) is 12.1 Å². The Bertz CT molecular complexity index is 493. The number of esters is 1. The molecule has 6 nitrogen and oxygen atoms in total. The fourth-order valence-corrected chi connectivity index (χ4v) is 2.53. The Kier molecular flexibility index (Phi) is 5.14. The van der Waals surface area contributed by atoms with Crippen molar-refractivity contribution in [2.45, 2.75) is 38.6 Å². The maximum Gasteiger partial charge on any atom is 0.308 e. The zero-order chi connectivity index (χ0) is 15.2. The molecule has 1 aromatic heterocycles. The van der Waals surface area contributed by atoms with E-state index in [1.807, 2.05) is 6.92 Å². The molecule has 0 unspecified atom stereocenters. The van der Waals surface area contributed by atoms with Gasteiger partial charge in [-0.3, -0.25) is 9.59 Å². The molecule has 1 saturated carbocycles. The first-order valence-electron chi connectivity index (χ1n) is 7.29. The van der Waals surface area contributed by atoms with Crippen molar-refractivity contribution >= 4 is 17.6 Å². The van der Waals surface area contributed by atoms with Crippen LogP contribution >= 0.6 is 0 Å². The second-order valence-corrected chi connectivity index (χ2v) is 5.25. The van der Waals surface area contributed by atoms with E-state index in [9.17, 15) is 9.59 Å². The minimum absolute atomic E-state index is 0.0345. The SMILES string of the molecule is CCOC(=O)C1CCC(NC(=O)c2ccc(N)cn2)CC1. The van der Waals surface area contributed by atoms with Gasteiger partial charge in [-0.1, -0.05) is 0 Å². The van der Waals surface area contributed by atoms with Crippen molar-refractivity contribution in [1.29, 1.82) is 0 Å². The van der Waals surface area contributed by atoms with Gasteiger partial charge in [0.05, 0.1) is 24.4 Å². The van der Waals surface area contributed by atoms with Crippen molar-refractivity contribution in [1.82, 2.24) is 10.3 Å². The summed E-state index contributed by atoms with van der Waals surface area (Å²) in [5, 5.41) is 2.95. The number of carbonyl (C=O) groups excluding carboxylic acids is 2. The average Bonchev–Trinajstić information content (AvgIpc) is 2.49. The highest BCUT2D eigenvalue weighted by Crippen LogP contribution is 2.25. The number of ether oxygens (including phenoxy) is 1. The second-order valence-electron chi connectivity index (χ2n) is 5.25. The number of anilines is 1. The van der Waals surface area contributed by atoms with Gasteiger partial charge in [-0.15, -0.1) is 0 Å². The average molecular weight is 291 g/mol. The third-order valence-electron chi connectivity index (χ3n) is 3.70. The number of nitrogens with one attached hydrogen (secondary N) is 1. The van der Waals surface area contributed by atoms with Gasteiger partial charge in [0.1, 0.15) is 5.69 Å². The molecule has 0 spiro atoms. The normalized spacial score (nSPS) is 21.6. The Morgan fingerprint density at radius 2 is 2.05 bits per heavy atom. The van der Waals surface area contributed by atoms with Crippen molar-refractivity contribution in [2.75, 3.05) is 12.3 Å². The van der Waals surface area contributed by atoms with Gasteiger partial charge in [-0.25, -0.2) is 4.98 Å². The number of hydrogen-bond donors (Lipinski definition) is 2. The van der Waals surface area contributed by atoms with Gasteiger partial charge in [0, 0.05) is 6.04 Å². The molecule has 0 saturated heterocycles. The quantitative estimate of drug-likeness (QED) is 0.820. The van der Waals surface area contributed by atoms with Crippen LogP contribution in [0.4, 0.5) is 5.69 Å². The number of nitrogens with two attached hydrogens (primary N) is 1. The number of hydrogen-bond acceptors (Lipinski definition) is 5. The molecule has 2 rings (SSSR count). The zero-order valence-electron chi connectivity index (χ0n) is 12.2. The summed E-state index contributed by atoms with van der Waals surface area (Å²) < 4.78 is 5.03. The zero-order valence-corrected chi connectivity index (χ0v) is 12.2. The number of nitrogens with zero attached hydrogens (tertiary/aromatic N) is 1. The molecule has 1 aliphatic carbocycles. The molecule has 0 atom stereocenters. The number of carbonyl (C=O) groups is 2. The van der Waals surface area contributed by atoms with Crippen molar-refractivity contribution in [3.8, 4) is 0 Å². The Labute approximate surface area is 124 Å². The van der Waals surface area contributed by atoms with Crippen molar-refractivity contribution in [3.63, 3.8) is 0 Å². The molecule has 0 aromatic carbocycles. The fraction of sp³-hybridized carbons (Fsp3) is 0.533. The lowest BCUT2D eigenvalue weighted by Crippen LogP contribution is -2.39. The molecule has 114 valence electrons. The minimum atomic E-state index is -0.199. The van der Waals surface area contributed by atoms with Crippen LogP contribution in [0.5, 0.6) is 0 Å². The van der Waals surface area contributed by atoms with E-state index in [4.69, 9.17) is 10.5 Å². The maximum atomic E-state index is 12.0. The monoisotopic (exact) mass is 291 g/mol. The second kappa shape index (κ2) is 7.06. The van der Waals surface area contributed by atoms with Crippen molar-refractivity contribution < 1.29 is 14.3 Å². The van der Waals surface area contributed by atoms with E-state index in [-0.39, 0.29) is 23.8 Å². The van der Waals surface area contributed by atoms with E-state index < -0.39 is 0 Å². The topological polar surface area (TPSA) is 94.3 Å². The van der Waals surface area contributed by atoms with Crippen LogP contribution in [-0.4, -0.2) is 29.5 Å². The summed E-state index contributed by atoms with van der Waals surface area (Å²) >= 11 is 0. The summed E-state index contributed by atoms with van der Waals surface area (Å²) in [6, 6.07) is 3.34. The van der Waals surface area contributed by atoms with Crippen LogP contribution in [0.2, 0.25) is 0 Å². The Morgan fingerprint density at radius 1 is 1.33 bits per heavy atom. The molecule has 1 heterocycles. The first kappa shape index (κ1) is 15.3. The molecule has 3 N–H and O–H groups in total. The minimum Gasteiger partial charge on any atom is -0.466 e. The maximum absolute atomic E-state index is 12.0. The number of rotatable bonds is 4. The van der Waals surface area contributed by atoms with Crippen LogP contribution in [0, 0.1) is 5.92 Å². The lowest BCUT2D eigenvalue weighted by Gasteiger charge is -2.27. The summed E-state index contributed by atoms with van der Waals surface area (Å²) in [5.74, 6) is -0.357. The van der Waals surface area contributed by atoms with Gasteiger partial charge in [-0.05, 0) is 44.7 Å². The molecular formula is C15H21N3O3. The summed E-state index contributed by atoms with van der Waals surface area (Å²) in [6.07, 6.45) is 4.53. The molecule has 0 bridgehead atoms. The van der Waals surface area contributed by atoms with Crippen LogP contribution in [-0.2, 0) is 9.53 Å². The van der Waals surface area contributed by atoms with E-state index in [2.05, 4.69) is 10.3 Å². The number of nitrogen functional groups attached to an aromatic ring is 1. The fourth-order valence-electron chi connectivity index (χ4n) is 2.53. The molecule has 0 radical (unpaired) electrons. The van der Waals surface area contributed by atoms with Crippen molar-refractivity contribution in [2.24, 2.45) is 5.92 Å². The molecule has 0 aliphatic heterocycles. The third kappa shape index (κ3) is 4.18. The van der Waals surface area contributed by atoms with Gasteiger partial charge in [0.15, 0.2) is 0 Å². The first-order chi connectivity index (χ1) is 10.1. The van der Waals surface area contributed by atoms with Crippen LogP contribution < -0.4 is 11.1 Å². The molecule has 1 fully saturated rings. The highest BCUT2D eigenvalue weighted by atomic mass is 16.5. The summed E-state index contributed by atoms with van der Waals surface area (Å²) in [5.41, 5.74) is 6.43. The standard InChI is InChI=1S/C15H21N3O3/c1-2-21-15(20)10-3-6-12(7-4-10)18-14(19)13-8-5-11(16)9-17-13/h5,8-10,12H,2-4,6-7,16H2,1H3,(H,18,19). The molecule has 6 heteroatoms. The Hall–Kier alpha value is -2.11. The van der Waals surface area contributed by atoms with Gasteiger partial charge >= 0.3 is 5.97 Å². The van der Waals surface area contributed by atoms with E-state index in [0.29, 0.717) is 18.0 Å². The highest BCUT2D eigenvalue weighted by molar-refractivity contribution is 5.92. The van der Waals surface area contributed by atoms with E-state index in [1.165, 1.54) is 6.20 Å². The van der Waals surface area contributed by atoms with Gasteiger partial charge in [-0.2, -0.15) is 0 Å². The summed E-state index contributed by atoms with van der Waals surface area (Å²) in [7, 11) is 0. The largest absolute Gasteiger partial charge is 0.466 e. The van der Waals surface area contributed by atoms with Crippen LogP contribution in [0.25, 0.3) is 0 Å². The molecular weight excluding hydrogens is 270 g/mol. The van der Waals surface area contributed by atoms with Gasteiger partial charge in [0.25, 0.3) is 5.91 Å². The van der Waals surface area contributed by atoms with Crippen LogP contribution in [0.15, 0.2) is 18.3 Å². The lowest BCUT2D eigenvalue weighted by atomic mass is 9.86. The van der Waals surface area contributed by atoms with E-state index in [0.717, 1.165) is 25.7 Å². The number of aromatic nitrogens is 1. The predicted molar refractivity (Wildman–Crippen MR) is 78.5 cm³/mol. The highest BCUT2D eigenvalue weighted by Gasteiger charge is 2.28. The molecule has 1 aliphatic rings. The smallest absolute Gasteiger partial charge is 0.308 e. The Balaban J connectivity index is 1.82. The summed E-state index contributed by atoms with van der Waals surface area (Å²) in [6.45, 7) is 2.22. The predicted octanol–water partition coefficient (Wildman–Crippen LogP) is 1.52. The number of amides is 1. The number of pyridine rings is 1.